The fourth-order valence-corrected chi connectivity index (χ4v) is 3.24. The summed E-state index contributed by atoms with van der Waals surface area (Å²) in [4.78, 5) is 35.5. The standard InChI is InChI=1S/C18H24N2O4S/c1-25-8-7-15(17(22)19-14-10-13(11-14)18(23)24)20-16(21)9-12-5-3-2-4-6-12/h2-6,13-15H,7-11H2,1H3,(H,19,22)(H,20,21)(H,23,24). The van der Waals surface area contributed by atoms with Gasteiger partial charge in [0.2, 0.25) is 11.8 Å². The third-order valence-electron chi connectivity index (χ3n) is 4.30. The zero-order chi connectivity index (χ0) is 18.2. The van der Waals surface area contributed by atoms with Crippen molar-refractivity contribution < 1.29 is 19.5 Å². The first kappa shape index (κ1) is 19.3. The van der Waals surface area contributed by atoms with Gasteiger partial charge in [-0.05, 0) is 36.8 Å². The van der Waals surface area contributed by atoms with Crippen LogP contribution < -0.4 is 10.6 Å². The SMILES string of the molecule is CSCCC(NC(=O)Cc1ccccc1)C(=O)NC1CC(C(=O)O)C1. The second-order valence-electron chi connectivity index (χ2n) is 6.28. The van der Waals surface area contributed by atoms with Crippen molar-refractivity contribution in [3.05, 3.63) is 35.9 Å². The van der Waals surface area contributed by atoms with Gasteiger partial charge in [0.1, 0.15) is 6.04 Å². The molecule has 0 aliphatic heterocycles. The van der Waals surface area contributed by atoms with E-state index in [9.17, 15) is 14.4 Å². The van der Waals surface area contributed by atoms with Crippen molar-refractivity contribution >= 4 is 29.5 Å². The quantitative estimate of drug-likeness (QED) is 0.616. The zero-order valence-electron chi connectivity index (χ0n) is 14.2. The summed E-state index contributed by atoms with van der Waals surface area (Å²) in [6.45, 7) is 0. The first-order valence-electron chi connectivity index (χ1n) is 8.35. The van der Waals surface area contributed by atoms with Crippen LogP contribution in [-0.2, 0) is 20.8 Å². The van der Waals surface area contributed by atoms with Crippen LogP contribution in [-0.4, -0.2) is 47.0 Å². The van der Waals surface area contributed by atoms with E-state index in [0.29, 0.717) is 19.3 Å². The smallest absolute Gasteiger partial charge is 0.306 e. The molecule has 1 aromatic rings. The molecule has 1 fully saturated rings. The van der Waals surface area contributed by atoms with Crippen LogP contribution in [0.3, 0.4) is 0 Å². The van der Waals surface area contributed by atoms with Crippen LogP contribution >= 0.6 is 11.8 Å². The van der Waals surface area contributed by atoms with E-state index in [0.717, 1.165) is 11.3 Å². The molecule has 2 rings (SSSR count). The Morgan fingerprint density at radius 1 is 1.24 bits per heavy atom. The number of thioether (sulfide) groups is 1. The molecule has 0 heterocycles. The van der Waals surface area contributed by atoms with Crippen molar-refractivity contribution in [2.45, 2.75) is 37.8 Å². The van der Waals surface area contributed by atoms with Crippen LogP contribution in [0.25, 0.3) is 0 Å². The van der Waals surface area contributed by atoms with Gasteiger partial charge in [0.15, 0.2) is 0 Å². The fourth-order valence-electron chi connectivity index (χ4n) is 2.77. The number of benzene rings is 1. The molecule has 0 radical (unpaired) electrons. The minimum atomic E-state index is -0.819. The molecule has 2 amide bonds. The summed E-state index contributed by atoms with van der Waals surface area (Å²) in [6.07, 6.45) is 3.63. The molecule has 136 valence electrons. The van der Waals surface area contributed by atoms with E-state index in [-0.39, 0.29) is 30.2 Å². The Balaban J connectivity index is 1.85. The topological polar surface area (TPSA) is 95.5 Å². The van der Waals surface area contributed by atoms with E-state index >= 15 is 0 Å². The molecule has 0 aromatic heterocycles. The maximum absolute atomic E-state index is 12.4. The van der Waals surface area contributed by atoms with Gasteiger partial charge in [-0.2, -0.15) is 11.8 Å². The monoisotopic (exact) mass is 364 g/mol. The molecule has 1 aromatic carbocycles. The molecule has 7 heteroatoms. The highest BCUT2D eigenvalue weighted by molar-refractivity contribution is 7.98. The Labute approximate surface area is 151 Å². The van der Waals surface area contributed by atoms with Crippen molar-refractivity contribution in [2.24, 2.45) is 5.92 Å². The first-order chi connectivity index (χ1) is 12.0. The van der Waals surface area contributed by atoms with E-state index in [2.05, 4.69) is 10.6 Å². The molecular weight excluding hydrogens is 340 g/mol. The highest BCUT2D eigenvalue weighted by Gasteiger charge is 2.36. The van der Waals surface area contributed by atoms with Gasteiger partial charge in [-0.15, -0.1) is 0 Å². The van der Waals surface area contributed by atoms with Gasteiger partial charge in [-0.3, -0.25) is 14.4 Å². The minimum Gasteiger partial charge on any atom is -0.481 e. The van der Waals surface area contributed by atoms with Gasteiger partial charge in [-0.25, -0.2) is 0 Å². The summed E-state index contributed by atoms with van der Waals surface area (Å²) < 4.78 is 0. The van der Waals surface area contributed by atoms with Crippen molar-refractivity contribution in [2.75, 3.05) is 12.0 Å². The maximum Gasteiger partial charge on any atom is 0.306 e. The number of carbonyl (C=O) groups excluding carboxylic acids is 2. The average molecular weight is 364 g/mol. The van der Waals surface area contributed by atoms with Gasteiger partial charge >= 0.3 is 5.97 Å². The summed E-state index contributed by atoms with van der Waals surface area (Å²) in [5, 5.41) is 14.6. The Kier molecular flexibility index (Phi) is 7.31. The molecule has 25 heavy (non-hydrogen) atoms. The minimum absolute atomic E-state index is 0.114. The number of aliphatic carboxylic acids is 1. The molecule has 1 saturated carbocycles. The molecule has 0 bridgehead atoms. The number of carboxylic acids is 1. The van der Waals surface area contributed by atoms with Gasteiger partial charge in [0, 0.05) is 6.04 Å². The lowest BCUT2D eigenvalue weighted by molar-refractivity contribution is -0.146. The van der Waals surface area contributed by atoms with Gasteiger partial charge < -0.3 is 15.7 Å². The van der Waals surface area contributed by atoms with Crippen LogP contribution in [0.2, 0.25) is 0 Å². The van der Waals surface area contributed by atoms with E-state index in [4.69, 9.17) is 5.11 Å². The summed E-state index contributed by atoms with van der Waals surface area (Å²) in [6, 6.07) is 8.67. The normalized spacial score (nSPS) is 20.2. The van der Waals surface area contributed by atoms with E-state index in [1.54, 1.807) is 11.8 Å². The molecule has 0 saturated heterocycles. The largest absolute Gasteiger partial charge is 0.481 e. The fraction of sp³-hybridized carbons (Fsp3) is 0.500. The second-order valence-corrected chi connectivity index (χ2v) is 7.26. The predicted octanol–water partition coefficient (Wildman–Crippen LogP) is 1.45. The lowest BCUT2D eigenvalue weighted by Gasteiger charge is -2.34. The Bertz CT molecular complexity index is 602. The maximum atomic E-state index is 12.4. The van der Waals surface area contributed by atoms with Crippen LogP contribution in [0.1, 0.15) is 24.8 Å². The number of rotatable bonds is 9. The molecule has 1 unspecified atom stereocenters. The number of amides is 2. The van der Waals surface area contributed by atoms with Crippen molar-refractivity contribution in [1.82, 2.24) is 10.6 Å². The summed E-state index contributed by atoms with van der Waals surface area (Å²) in [5.74, 6) is -0.858. The van der Waals surface area contributed by atoms with Crippen molar-refractivity contribution in [1.29, 1.82) is 0 Å². The molecule has 6 nitrogen and oxygen atoms in total. The molecule has 1 aliphatic rings. The van der Waals surface area contributed by atoms with E-state index in [1.165, 1.54) is 0 Å². The Morgan fingerprint density at radius 3 is 2.52 bits per heavy atom. The summed E-state index contributed by atoms with van der Waals surface area (Å²) >= 11 is 1.61. The summed E-state index contributed by atoms with van der Waals surface area (Å²) in [5.41, 5.74) is 0.896. The van der Waals surface area contributed by atoms with Gasteiger partial charge in [-0.1, -0.05) is 30.3 Å². The van der Waals surface area contributed by atoms with Crippen LogP contribution in [0, 0.1) is 5.92 Å². The lowest BCUT2D eigenvalue weighted by atomic mass is 9.80. The molecule has 1 aliphatic carbocycles. The highest BCUT2D eigenvalue weighted by Crippen LogP contribution is 2.27. The molecule has 0 spiro atoms. The lowest BCUT2D eigenvalue weighted by Crippen LogP contribution is -2.54. The predicted molar refractivity (Wildman–Crippen MR) is 97.4 cm³/mol. The third kappa shape index (κ3) is 6.08. The Hall–Kier alpha value is -2.02. The van der Waals surface area contributed by atoms with Gasteiger partial charge in [0.25, 0.3) is 0 Å². The third-order valence-corrected chi connectivity index (χ3v) is 4.95. The first-order valence-corrected chi connectivity index (χ1v) is 9.74. The Morgan fingerprint density at radius 2 is 1.92 bits per heavy atom. The number of carbonyl (C=O) groups is 3. The molecule has 3 N–H and O–H groups in total. The van der Waals surface area contributed by atoms with E-state index in [1.807, 2.05) is 36.6 Å². The van der Waals surface area contributed by atoms with Crippen LogP contribution in [0.5, 0.6) is 0 Å². The molecule has 1 atom stereocenters. The zero-order valence-corrected chi connectivity index (χ0v) is 15.1. The van der Waals surface area contributed by atoms with Crippen molar-refractivity contribution in [3.63, 3.8) is 0 Å². The van der Waals surface area contributed by atoms with Crippen LogP contribution in [0.15, 0.2) is 30.3 Å². The molecular formula is C18H24N2O4S. The van der Waals surface area contributed by atoms with Crippen molar-refractivity contribution in [3.8, 4) is 0 Å². The number of hydrogen-bond acceptors (Lipinski definition) is 4. The van der Waals surface area contributed by atoms with E-state index < -0.39 is 12.0 Å². The number of hydrogen-bond donors (Lipinski definition) is 3. The highest BCUT2D eigenvalue weighted by atomic mass is 32.2. The number of carboxylic acid groups (broad SMARTS) is 1. The van der Waals surface area contributed by atoms with Gasteiger partial charge in [0.05, 0.1) is 12.3 Å². The average Bonchev–Trinajstić information content (AvgIpc) is 2.54. The summed E-state index contributed by atoms with van der Waals surface area (Å²) in [7, 11) is 0. The number of nitrogens with one attached hydrogen (secondary N) is 2. The second kappa shape index (κ2) is 9.46. The van der Waals surface area contributed by atoms with Crippen LogP contribution in [0.4, 0.5) is 0 Å².